The zero-order valence-electron chi connectivity index (χ0n) is 22.6. The first kappa shape index (κ1) is 29.4. The summed E-state index contributed by atoms with van der Waals surface area (Å²) in [6, 6.07) is 14.7. The van der Waals surface area contributed by atoms with Crippen LogP contribution < -0.4 is 5.56 Å². The smallest absolute Gasteiger partial charge is 0.296 e. The van der Waals surface area contributed by atoms with Crippen LogP contribution in [-0.2, 0) is 20.2 Å². The van der Waals surface area contributed by atoms with Crippen LogP contribution in [-0.4, -0.2) is 35.3 Å². The van der Waals surface area contributed by atoms with Crippen molar-refractivity contribution in [2.45, 2.75) is 30.6 Å². The normalized spacial score (nSPS) is 12.6. The van der Waals surface area contributed by atoms with Crippen molar-refractivity contribution in [3.05, 3.63) is 87.2 Å². The van der Waals surface area contributed by atoms with Gasteiger partial charge in [-0.05, 0) is 74.4 Å². The largest absolute Gasteiger partial charge is 0.338 e. The molecule has 14 nitrogen and oxygen atoms in total. The van der Waals surface area contributed by atoms with Crippen molar-refractivity contribution < 1.29 is 25.9 Å². The highest BCUT2D eigenvalue weighted by atomic mass is 32.2. The number of nitrogens with one attached hydrogen (secondary N) is 1. The molecule has 0 radical (unpaired) electrons. The van der Waals surface area contributed by atoms with E-state index >= 15 is 0 Å². The number of nitrogens with zero attached hydrogens (tertiary/aromatic N) is 6. The Kier molecular flexibility index (Phi) is 7.28. The zero-order chi connectivity index (χ0) is 31.3. The zero-order valence-corrected chi connectivity index (χ0v) is 24.3. The van der Waals surface area contributed by atoms with Crippen LogP contribution in [0.5, 0.6) is 0 Å². The first-order chi connectivity index (χ1) is 20.2. The number of azo groups is 2. The number of H-pyrrole nitrogens is 1. The standard InChI is InChI=1S/C27H21N7O7S2/c1-14-11-21(15(2)10-20(14)30-32-22-12-17(42(36,37)38)8-9-24(22)43(39,40)41)31-33-25-16(3)18(13-28)26-29-19-6-4-5-7-23(19)34(26)27(25)35/h4-12,29H,1-3H3,(H,36,37,38)(H,39,40,41). The van der Waals surface area contributed by atoms with Gasteiger partial charge in [-0.3, -0.25) is 18.3 Å². The molecular formula is C27H21N7O7S2. The van der Waals surface area contributed by atoms with Gasteiger partial charge in [-0.15, -0.1) is 10.2 Å². The van der Waals surface area contributed by atoms with Gasteiger partial charge in [-0.1, -0.05) is 12.1 Å². The van der Waals surface area contributed by atoms with Crippen molar-refractivity contribution in [1.29, 1.82) is 5.26 Å². The Bertz CT molecular complexity index is 2370. The van der Waals surface area contributed by atoms with Gasteiger partial charge in [0, 0.05) is 5.56 Å². The molecule has 0 bridgehead atoms. The second-order valence-electron chi connectivity index (χ2n) is 9.50. The Morgan fingerprint density at radius 2 is 1.42 bits per heavy atom. The van der Waals surface area contributed by atoms with Crippen LogP contribution in [0.15, 0.2) is 89.6 Å². The molecule has 2 heterocycles. The third-order valence-corrected chi connectivity index (χ3v) is 8.40. The maximum Gasteiger partial charge on any atom is 0.296 e. The molecule has 218 valence electrons. The molecule has 0 spiro atoms. The highest BCUT2D eigenvalue weighted by molar-refractivity contribution is 7.86. The average molecular weight is 620 g/mol. The van der Waals surface area contributed by atoms with Crippen LogP contribution in [0.1, 0.15) is 22.3 Å². The number of imidazole rings is 1. The second-order valence-corrected chi connectivity index (χ2v) is 12.3. The fourth-order valence-corrected chi connectivity index (χ4v) is 5.55. The number of fused-ring (bicyclic) bond motifs is 3. The van der Waals surface area contributed by atoms with Crippen LogP contribution in [0, 0.1) is 32.1 Å². The number of aryl methyl sites for hydroxylation is 2. The maximum absolute atomic E-state index is 13.5. The van der Waals surface area contributed by atoms with Gasteiger partial charge >= 0.3 is 0 Å². The molecule has 0 amide bonds. The highest BCUT2D eigenvalue weighted by Gasteiger charge is 2.21. The highest BCUT2D eigenvalue weighted by Crippen LogP contribution is 2.34. The van der Waals surface area contributed by atoms with E-state index in [0.717, 1.165) is 18.2 Å². The van der Waals surface area contributed by atoms with Crippen LogP contribution in [0.25, 0.3) is 16.7 Å². The predicted molar refractivity (Wildman–Crippen MR) is 155 cm³/mol. The molecular weight excluding hydrogens is 598 g/mol. The van der Waals surface area contributed by atoms with Crippen molar-refractivity contribution in [3.8, 4) is 6.07 Å². The number of aromatic nitrogens is 2. The number of aromatic amines is 1. The maximum atomic E-state index is 13.5. The quantitative estimate of drug-likeness (QED) is 0.153. The third kappa shape index (κ3) is 5.45. The van der Waals surface area contributed by atoms with Crippen molar-refractivity contribution in [3.63, 3.8) is 0 Å². The molecule has 0 unspecified atom stereocenters. The molecule has 43 heavy (non-hydrogen) atoms. The van der Waals surface area contributed by atoms with Gasteiger partial charge in [0.1, 0.15) is 22.3 Å². The molecule has 5 rings (SSSR count). The molecule has 0 saturated carbocycles. The Morgan fingerprint density at radius 3 is 2.02 bits per heavy atom. The predicted octanol–water partition coefficient (Wildman–Crippen LogP) is 5.90. The van der Waals surface area contributed by atoms with E-state index in [1.807, 2.05) is 0 Å². The molecule has 3 N–H and O–H groups in total. The molecule has 0 aliphatic carbocycles. The lowest BCUT2D eigenvalue weighted by atomic mass is 10.1. The summed E-state index contributed by atoms with van der Waals surface area (Å²) in [6.07, 6.45) is 0. The lowest BCUT2D eigenvalue weighted by molar-refractivity contribution is 0.478. The SMILES string of the molecule is Cc1cc(N=Nc2c(C)c(C#N)c3[nH]c4ccccc4n3c2=O)c(C)cc1N=Nc1cc(S(=O)(=O)O)ccc1S(=O)(=O)O. The van der Waals surface area contributed by atoms with Gasteiger partial charge < -0.3 is 4.98 Å². The van der Waals surface area contributed by atoms with Crippen molar-refractivity contribution in [2.24, 2.45) is 20.5 Å². The molecule has 16 heteroatoms. The van der Waals surface area contributed by atoms with Gasteiger partial charge in [0.15, 0.2) is 5.69 Å². The number of nitriles is 1. The van der Waals surface area contributed by atoms with Crippen LogP contribution in [0.2, 0.25) is 0 Å². The summed E-state index contributed by atoms with van der Waals surface area (Å²) in [5, 5.41) is 26.1. The summed E-state index contributed by atoms with van der Waals surface area (Å²) >= 11 is 0. The molecule has 0 atom stereocenters. The molecule has 5 aromatic rings. The Hall–Kier alpha value is -5.08. The first-order valence-corrected chi connectivity index (χ1v) is 15.2. The van der Waals surface area contributed by atoms with E-state index in [0.29, 0.717) is 39.1 Å². The number of benzene rings is 3. The van der Waals surface area contributed by atoms with E-state index in [1.54, 1.807) is 57.2 Å². The van der Waals surface area contributed by atoms with Crippen molar-refractivity contribution in [1.82, 2.24) is 9.38 Å². The summed E-state index contributed by atoms with van der Waals surface area (Å²) < 4.78 is 66.8. The van der Waals surface area contributed by atoms with Crippen LogP contribution in [0.3, 0.4) is 0 Å². The fraction of sp³-hybridized carbons (Fsp3) is 0.111. The Labute approximate surface area is 244 Å². The van der Waals surface area contributed by atoms with E-state index in [2.05, 4.69) is 31.5 Å². The molecule has 0 aliphatic heterocycles. The van der Waals surface area contributed by atoms with Crippen LogP contribution in [0.4, 0.5) is 22.7 Å². The van der Waals surface area contributed by atoms with E-state index in [1.165, 1.54) is 4.40 Å². The van der Waals surface area contributed by atoms with E-state index in [9.17, 15) is 36.0 Å². The van der Waals surface area contributed by atoms with Gasteiger partial charge in [0.05, 0.1) is 32.9 Å². The number of rotatable bonds is 6. The fourth-order valence-electron chi connectivity index (χ4n) is 4.45. The van der Waals surface area contributed by atoms with Crippen molar-refractivity contribution >= 4 is 59.7 Å². The Morgan fingerprint density at radius 1 is 0.814 bits per heavy atom. The van der Waals surface area contributed by atoms with E-state index < -0.39 is 41.3 Å². The van der Waals surface area contributed by atoms with Crippen LogP contribution >= 0.6 is 0 Å². The number of hydrogen-bond donors (Lipinski definition) is 3. The minimum Gasteiger partial charge on any atom is -0.338 e. The summed E-state index contributed by atoms with van der Waals surface area (Å²) in [5.74, 6) is 0. The minimum absolute atomic E-state index is 0.0175. The average Bonchev–Trinajstić information content (AvgIpc) is 3.32. The molecule has 0 aliphatic rings. The molecule has 3 aromatic carbocycles. The Balaban J connectivity index is 1.56. The second kappa shape index (κ2) is 10.6. The topological polar surface area (TPSA) is 219 Å². The molecule has 0 saturated heterocycles. The summed E-state index contributed by atoms with van der Waals surface area (Å²) in [5.41, 5.74) is 2.86. The van der Waals surface area contributed by atoms with Gasteiger partial charge in [-0.25, -0.2) is 0 Å². The van der Waals surface area contributed by atoms with Gasteiger partial charge in [-0.2, -0.15) is 32.3 Å². The van der Waals surface area contributed by atoms with E-state index in [4.69, 9.17) is 0 Å². The minimum atomic E-state index is -4.80. The summed E-state index contributed by atoms with van der Waals surface area (Å²) in [7, 11) is -9.50. The van der Waals surface area contributed by atoms with Crippen molar-refractivity contribution in [2.75, 3.05) is 0 Å². The summed E-state index contributed by atoms with van der Waals surface area (Å²) in [4.78, 5) is 15.2. The van der Waals surface area contributed by atoms with Gasteiger partial charge in [0.25, 0.3) is 25.8 Å². The third-order valence-electron chi connectivity index (χ3n) is 6.65. The number of pyridine rings is 1. The lowest BCUT2D eigenvalue weighted by Crippen LogP contribution is -2.14. The monoisotopic (exact) mass is 619 g/mol. The lowest BCUT2D eigenvalue weighted by Gasteiger charge is -2.07. The van der Waals surface area contributed by atoms with E-state index in [-0.39, 0.29) is 16.9 Å². The first-order valence-electron chi connectivity index (χ1n) is 12.3. The number of hydrogen-bond acceptors (Lipinski definition) is 10. The molecule has 0 fully saturated rings. The number of para-hydroxylation sites is 2. The van der Waals surface area contributed by atoms with Gasteiger partial charge in [0.2, 0.25) is 0 Å². The summed E-state index contributed by atoms with van der Waals surface area (Å²) in [6.45, 7) is 4.94. The molecule has 2 aromatic heterocycles.